The standard InChI is InChI=1S/C84H152NO8P/c1-6-8-10-12-14-16-18-20-22-24-26-28-30-32-34-36-37-38-39-40-41-42-43-44-45-46-47-49-51-53-55-57-59-61-63-65-67-69-71-73-75-77-84(87)93-82(81-92-94(88,89)91-79-78-85(3,4)5)80-90-83(86)76-74-72-70-68-66-64-62-60-58-56-54-52-50-48-35-33-31-29-27-25-23-21-19-17-15-13-11-9-7-2/h8-11,14-17,20-23,26-29,82H,6-7,12-13,18-19,24-25,30-81H2,1-5H3/b10-8-,11-9-,16-14-,17-15-,22-20-,23-21-,28-26-,29-27-. The zero-order valence-electron chi connectivity index (χ0n) is 62.4. The number of quaternary nitrogens is 1. The van der Waals surface area contributed by atoms with E-state index in [0.717, 1.165) is 83.5 Å². The van der Waals surface area contributed by atoms with Crippen molar-refractivity contribution in [2.24, 2.45) is 0 Å². The topological polar surface area (TPSA) is 111 Å². The highest BCUT2D eigenvalue weighted by Gasteiger charge is 2.22. The minimum Gasteiger partial charge on any atom is -0.756 e. The van der Waals surface area contributed by atoms with Gasteiger partial charge in [0.2, 0.25) is 0 Å². The molecule has 2 unspecified atom stereocenters. The molecule has 0 aromatic rings. The second kappa shape index (κ2) is 74.2. The monoisotopic (exact) mass is 1330 g/mol. The molecule has 0 saturated carbocycles. The van der Waals surface area contributed by atoms with Crippen LogP contribution in [0.4, 0.5) is 0 Å². The van der Waals surface area contributed by atoms with Crippen LogP contribution in [0.5, 0.6) is 0 Å². The number of ether oxygens (including phenoxy) is 2. The molecule has 94 heavy (non-hydrogen) atoms. The number of carbonyl (C=O) groups is 2. The predicted molar refractivity (Wildman–Crippen MR) is 406 cm³/mol. The van der Waals surface area contributed by atoms with Gasteiger partial charge in [0.05, 0.1) is 27.7 Å². The van der Waals surface area contributed by atoms with Crippen LogP contribution in [0, 0.1) is 0 Å². The molecular formula is C84H152NO8P. The van der Waals surface area contributed by atoms with Gasteiger partial charge in [0.15, 0.2) is 6.10 Å². The lowest BCUT2D eigenvalue weighted by Crippen LogP contribution is -2.37. The fourth-order valence-corrected chi connectivity index (χ4v) is 12.3. The van der Waals surface area contributed by atoms with Crippen LogP contribution >= 0.6 is 7.82 Å². The van der Waals surface area contributed by atoms with E-state index < -0.39 is 26.5 Å². The van der Waals surface area contributed by atoms with Crippen LogP contribution < -0.4 is 4.89 Å². The first-order valence-electron chi connectivity index (χ1n) is 39.9. The Morgan fingerprint density at radius 1 is 0.330 bits per heavy atom. The van der Waals surface area contributed by atoms with Crippen LogP contribution in [-0.4, -0.2) is 70.0 Å². The summed E-state index contributed by atoms with van der Waals surface area (Å²) in [5, 5.41) is 0. The van der Waals surface area contributed by atoms with Gasteiger partial charge < -0.3 is 27.9 Å². The van der Waals surface area contributed by atoms with Crippen molar-refractivity contribution in [1.29, 1.82) is 0 Å². The summed E-state index contributed by atoms with van der Waals surface area (Å²) in [6.45, 7) is 4.07. The fraction of sp³-hybridized carbons (Fsp3) is 0.786. The van der Waals surface area contributed by atoms with Crippen LogP contribution in [0.2, 0.25) is 0 Å². The van der Waals surface area contributed by atoms with Crippen LogP contribution in [0.3, 0.4) is 0 Å². The van der Waals surface area contributed by atoms with Gasteiger partial charge in [0.25, 0.3) is 7.82 Å². The number of phosphoric ester groups is 1. The first-order valence-corrected chi connectivity index (χ1v) is 41.4. The molecule has 0 saturated heterocycles. The van der Waals surface area contributed by atoms with Crippen LogP contribution in [-0.2, 0) is 32.7 Å². The molecule has 0 aromatic carbocycles. The number of unbranched alkanes of at least 4 members (excludes halogenated alkanes) is 44. The molecule has 0 rings (SSSR count). The first kappa shape index (κ1) is 90.9. The summed E-state index contributed by atoms with van der Waals surface area (Å²) in [5.74, 6) is -0.816. The van der Waals surface area contributed by atoms with Crippen molar-refractivity contribution in [3.63, 3.8) is 0 Å². The highest BCUT2D eigenvalue weighted by molar-refractivity contribution is 7.45. The second-order valence-electron chi connectivity index (χ2n) is 28.0. The summed E-state index contributed by atoms with van der Waals surface area (Å²) >= 11 is 0. The van der Waals surface area contributed by atoms with Gasteiger partial charge >= 0.3 is 11.9 Å². The fourth-order valence-electron chi connectivity index (χ4n) is 11.6. The number of carbonyl (C=O) groups excluding carboxylic acids is 2. The minimum absolute atomic E-state index is 0.0305. The Hall–Kier alpha value is -3.07. The molecule has 0 bridgehead atoms. The normalized spacial score (nSPS) is 13.6. The molecule has 0 aliphatic rings. The molecule has 546 valence electrons. The van der Waals surface area contributed by atoms with Gasteiger partial charge in [0, 0.05) is 12.8 Å². The maximum Gasteiger partial charge on any atom is 0.306 e. The van der Waals surface area contributed by atoms with Crippen molar-refractivity contribution in [1.82, 2.24) is 0 Å². The molecule has 0 amide bonds. The third kappa shape index (κ3) is 77.9. The summed E-state index contributed by atoms with van der Waals surface area (Å²) in [4.78, 5) is 38.2. The summed E-state index contributed by atoms with van der Waals surface area (Å²) in [6.07, 6.45) is 104. The van der Waals surface area contributed by atoms with Crippen molar-refractivity contribution in [3.05, 3.63) is 97.2 Å². The van der Waals surface area contributed by atoms with E-state index in [1.807, 2.05) is 21.1 Å². The van der Waals surface area contributed by atoms with Gasteiger partial charge in [0.1, 0.15) is 19.8 Å². The smallest absolute Gasteiger partial charge is 0.306 e. The van der Waals surface area contributed by atoms with Gasteiger partial charge in [-0.25, -0.2) is 0 Å². The third-order valence-corrected chi connectivity index (χ3v) is 18.6. The first-order chi connectivity index (χ1) is 46.0. The van der Waals surface area contributed by atoms with E-state index in [1.165, 1.54) is 257 Å². The molecule has 2 atom stereocenters. The number of nitrogens with zero attached hydrogens (tertiary/aromatic N) is 1. The zero-order chi connectivity index (χ0) is 68.3. The Kier molecular flexibility index (Phi) is 71.7. The molecule has 0 aromatic heterocycles. The largest absolute Gasteiger partial charge is 0.756 e. The van der Waals surface area contributed by atoms with E-state index in [4.69, 9.17) is 18.5 Å². The lowest BCUT2D eigenvalue weighted by molar-refractivity contribution is -0.870. The van der Waals surface area contributed by atoms with Crippen molar-refractivity contribution in [3.8, 4) is 0 Å². The van der Waals surface area contributed by atoms with E-state index in [2.05, 4.69) is 111 Å². The Labute approximate surface area is 583 Å². The molecule has 0 aliphatic heterocycles. The number of esters is 2. The molecule has 0 fully saturated rings. The van der Waals surface area contributed by atoms with Gasteiger partial charge in [-0.15, -0.1) is 0 Å². The van der Waals surface area contributed by atoms with Crippen LogP contribution in [0.1, 0.15) is 373 Å². The molecule has 0 N–H and O–H groups in total. The van der Waals surface area contributed by atoms with E-state index in [-0.39, 0.29) is 32.0 Å². The van der Waals surface area contributed by atoms with E-state index in [9.17, 15) is 19.0 Å². The average molecular weight is 1340 g/mol. The Morgan fingerprint density at radius 2 is 0.574 bits per heavy atom. The lowest BCUT2D eigenvalue weighted by atomic mass is 10.0. The number of rotatable bonds is 74. The van der Waals surface area contributed by atoms with Crippen molar-refractivity contribution >= 4 is 19.8 Å². The number of hydrogen-bond acceptors (Lipinski definition) is 8. The molecular weight excluding hydrogens is 1180 g/mol. The van der Waals surface area contributed by atoms with Gasteiger partial charge in [-0.3, -0.25) is 14.2 Å². The van der Waals surface area contributed by atoms with Crippen LogP contribution in [0.15, 0.2) is 97.2 Å². The molecule has 0 spiro atoms. The molecule has 10 heteroatoms. The molecule has 0 radical (unpaired) electrons. The lowest BCUT2D eigenvalue weighted by Gasteiger charge is -2.28. The Bertz CT molecular complexity index is 1910. The second-order valence-corrected chi connectivity index (χ2v) is 29.4. The molecule has 0 heterocycles. The Balaban J connectivity index is 3.90. The van der Waals surface area contributed by atoms with E-state index in [0.29, 0.717) is 17.4 Å². The van der Waals surface area contributed by atoms with E-state index >= 15 is 0 Å². The summed E-state index contributed by atoms with van der Waals surface area (Å²) in [7, 11) is 1.18. The summed E-state index contributed by atoms with van der Waals surface area (Å²) in [6, 6.07) is 0. The average Bonchev–Trinajstić information content (AvgIpc) is 1.57. The number of phosphoric acid groups is 1. The quantitative estimate of drug-likeness (QED) is 0.0195. The number of hydrogen-bond donors (Lipinski definition) is 0. The maximum absolute atomic E-state index is 12.9. The summed E-state index contributed by atoms with van der Waals surface area (Å²) in [5.41, 5.74) is 0. The molecule has 9 nitrogen and oxygen atoms in total. The van der Waals surface area contributed by atoms with Gasteiger partial charge in [-0.05, 0) is 89.9 Å². The maximum atomic E-state index is 12.9. The highest BCUT2D eigenvalue weighted by atomic mass is 31.2. The molecule has 0 aliphatic carbocycles. The SMILES string of the molecule is CC/C=C\C/C=C\C/C=C\C/C=C\CCCCCCCCCCCCCCCCCCCCCCCCCCCCCCC(=O)OC(COC(=O)CCCCCCCCCCCCCCCCCC/C=C\C/C=C\C/C=C\C/C=C\CC)COP(=O)([O-])OCC[N+](C)(C)C. The summed E-state index contributed by atoms with van der Waals surface area (Å²) < 4.78 is 34.4. The highest BCUT2D eigenvalue weighted by Crippen LogP contribution is 2.38. The van der Waals surface area contributed by atoms with E-state index in [1.54, 1.807) is 0 Å². The predicted octanol–water partition coefficient (Wildman–Crippen LogP) is 26.0. The van der Waals surface area contributed by atoms with Gasteiger partial charge in [-0.1, -0.05) is 368 Å². The van der Waals surface area contributed by atoms with Gasteiger partial charge in [-0.2, -0.15) is 0 Å². The third-order valence-electron chi connectivity index (χ3n) is 17.6. The number of allylic oxidation sites excluding steroid dienone is 16. The zero-order valence-corrected chi connectivity index (χ0v) is 63.3. The minimum atomic E-state index is -4.65. The van der Waals surface area contributed by atoms with Crippen molar-refractivity contribution in [2.45, 2.75) is 380 Å². The van der Waals surface area contributed by atoms with Crippen molar-refractivity contribution in [2.75, 3.05) is 47.5 Å². The van der Waals surface area contributed by atoms with Crippen molar-refractivity contribution < 1.29 is 42.1 Å². The Morgan fingerprint density at radius 3 is 0.851 bits per heavy atom. The van der Waals surface area contributed by atoms with Crippen LogP contribution in [0.25, 0.3) is 0 Å². The number of likely N-dealkylation sites (N-methyl/N-ethyl adjacent to an activating group) is 1.